The Hall–Kier alpha value is -0.0800. The number of rotatable bonds is 5. The molecule has 11 heavy (non-hydrogen) atoms. The van der Waals surface area contributed by atoms with Crippen molar-refractivity contribution < 1.29 is 4.74 Å². The molecule has 0 saturated carbocycles. The Morgan fingerprint density at radius 2 is 1.82 bits per heavy atom. The van der Waals surface area contributed by atoms with Crippen LogP contribution in [0.2, 0.25) is 0 Å². The third kappa shape index (κ3) is 5.22. The van der Waals surface area contributed by atoms with Gasteiger partial charge in [0.1, 0.15) is 0 Å². The largest absolute Gasteiger partial charge is 0.377 e. The zero-order chi connectivity index (χ0) is 8.85. The highest BCUT2D eigenvalue weighted by atomic mass is 16.5. The molecule has 2 atom stereocenters. The second kappa shape index (κ2) is 5.56. The van der Waals surface area contributed by atoms with Crippen LogP contribution in [0.5, 0.6) is 0 Å². The third-order valence-electron chi connectivity index (χ3n) is 2.04. The predicted octanol–water partition coefficient (Wildman–Crippen LogP) is 1.78. The van der Waals surface area contributed by atoms with E-state index in [1.807, 2.05) is 0 Å². The van der Waals surface area contributed by atoms with Crippen molar-refractivity contribution in [1.82, 2.24) is 0 Å². The van der Waals surface area contributed by atoms with Crippen LogP contribution in [-0.2, 0) is 4.74 Å². The van der Waals surface area contributed by atoms with E-state index in [0.717, 1.165) is 6.42 Å². The van der Waals surface area contributed by atoms with Gasteiger partial charge in [0.15, 0.2) is 0 Å². The third-order valence-corrected chi connectivity index (χ3v) is 2.04. The van der Waals surface area contributed by atoms with Crippen LogP contribution >= 0.6 is 0 Å². The van der Waals surface area contributed by atoms with Crippen LogP contribution < -0.4 is 5.73 Å². The van der Waals surface area contributed by atoms with Crippen molar-refractivity contribution in [3.8, 4) is 0 Å². The molecule has 0 aliphatic carbocycles. The minimum absolute atomic E-state index is 0.205. The SMILES string of the molecule is CCC(N)COC(C)C(C)C. The molecule has 0 saturated heterocycles. The van der Waals surface area contributed by atoms with Crippen LogP contribution in [0.15, 0.2) is 0 Å². The zero-order valence-corrected chi connectivity index (χ0v) is 8.13. The van der Waals surface area contributed by atoms with Gasteiger partial charge in [-0.2, -0.15) is 0 Å². The monoisotopic (exact) mass is 159 g/mol. The minimum atomic E-state index is 0.205. The fourth-order valence-corrected chi connectivity index (χ4v) is 0.586. The Balaban J connectivity index is 3.37. The van der Waals surface area contributed by atoms with E-state index in [2.05, 4.69) is 27.7 Å². The van der Waals surface area contributed by atoms with Crippen LogP contribution in [0, 0.1) is 5.92 Å². The maximum atomic E-state index is 5.70. The molecule has 0 spiro atoms. The molecule has 68 valence electrons. The molecule has 0 radical (unpaired) electrons. The van der Waals surface area contributed by atoms with Gasteiger partial charge in [0, 0.05) is 6.04 Å². The Morgan fingerprint density at radius 1 is 1.27 bits per heavy atom. The summed E-state index contributed by atoms with van der Waals surface area (Å²) in [5.41, 5.74) is 5.70. The van der Waals surface area contributed by atoms with Gasteiger partial charge in [-0.05, 0) is 19.3 Å². The van der Waals surface area contributed by atoms with Crippen molar-refractivity contribution in [2.24, 2.45) is 11.7 Å². The summed E-state index contributed by atoms with van der Waals surface area (Å²) in [5, 5.41) is 0. The highest BCUT2D eigenvalue weighted by Crippen LogP contribution is 2.05. The molecule has 0 rings (SSSR count). The molecule has 2 unspecified atom stereocenters. The Labute approximate surface area is 70.1 Å². The molecule has 0 aromatic rings. The smallest absolute Gasteiger partial charge is 0.0621 e. The summed E-state index contributed by atoms with van der Waals surface area (Å²) in [6.45, 7) is 9.17. The van der Waals surface area contributed by atoms with Crippen LogP contribution in [0.4, 0.5) is 0 Å². The zero-order valence-electron chi connectivity index (χ0n) is 8.13. The lowest BCUT2D eigenvalue weighted by molar-refractivity contribution is 0.0270. The first kappa shape index (κ1) is 10.9. The normalized spacial score (nSPS) is 16.9. The van der Waals surface area contributed by atoms with Crippen LogP contribution in [-0.4, -0.2) is 18.8 Å². The molecule has 0 aliphatic heterocycles. The summed E-state index contributed by atoms with van der Waals surface area (Å²) in [6.07, 6.45) is 1.32. The molecule has 2 nitrogen and oxygen atoms in total. The topological polar surface area (TPSA) is 35.2 Å². The van der Waals surface area contributed by atoms with Crippen molar-refractivity contribution in [2.45, 2.75) is 46.3 Å². The number of nitrogens with two attached hydrogens (primary N) is 1. The summed E-state index contributed by atoms with van der Waals surface area (Å²) in [7, 11) is 0. The van der Waals surface area contributed by atoms with Gasteiger partial charge in [-0.1, -0.05) is 20.8 Å². The van der Waals surface area contributed by atoms with Gasteiger partial charge in [-0.3, -0.25) is 0 Å². The van der Waals surface area contributed by atoms with Gasteiger partial charge < -0.3 is 10.5 Å². The average Bonchev–Trinajstić information content (AvgIpc) is 1.99. The van der Waals surface area contributed by atoms with E-state index in [1.54, 1.807) is 0 Å². The van der Waals surface area contributed by atoms with E-state index >= 15 is 0 Å². The molecule has 0 fully saturated rings. The first-order chi connectivity index (χ1) is 5.07. The molecule has 0 amide bonds. The van der Waals surface area contributed by atoms with Gasteiger partial charge >= 0.3 is 0 Å². The summed E-state index contributed by atoms with van der Waals surface area (Å²) in [5.74, 6) is 0.582. The number of hydrogen-bond acceptors (Lipinski definition) is 2. The first-order valence-corrected chi connectivity index (χ1v) is 4.45. The lowest BCUT2D eigenvalue weighted by Crippen LogP contribution is -2.29. The Kier molecular flexibility index (Phi) is 5.51. The van der Waals surface area contributed by atoms with E-state index in [1.165, 1.54) is 0 Å². The van der Waals surface area contributed by atoms with Crippen molar-refractivity contribution >= 4 is 0 Å². The summed E-state index contributed by atoms with van der Waals surface area (Å²) < 4.78 is 5.53. The van der Waals surface area contributed by atoms with Crippen molar-refractivity contribution in [3.63, 3.8) is 0 Å². The van der Waals surface area contributed by atoms with Crippen molar-refractivity contribution in [3.05, 3.63) is 0 Å². The summed E-state index contributed by atoms with van der Waals surface area (Å²) >= 11 is 0. The van der Waals surface area contributed by atoms with Crippen LogP contribution in [0.1, 0.15) is 34.1 Å². The van der Waals surface area contributed by atoms with E-state index < -0.39 is 0 Å². The Bertz CT molecular complexity index is 93.6. The van der Waals surface area contributed by atoms with E-state index in [0.29, 0.717) is 18.6 Å². The molecule has 0 heterocycles. The first-order valence-electron chi connectivity index (χ1n) is 4.45. The fraction of sp³-hybridized carbons (Fsp3) is 1.00. The minimum Gasteiger partial charge on any atom is -0.377 e. The lowest BCUT2D eigenvalue weighted by atomic mass is 10.1. The van der Waals surface area contributed by atoms with E-state index in [4.69, 9.17) is 10.5 Å². The standard InChI is InChI=1S/C9H21NO/c1-5-9(10)6-11-8(4)7(2)3/h7-9H,5-6,10H2,1-4H3. The van der Waals surface area contributed by atoms with Crippen molar-refractivity contribution in [2.75, 3.05) is 6.61 Å². The lowest BCUT2D eigenvalue weighted by Gasteiger charge is -2.18. The van der Waals surface area contributed by atoms with Crippen LogP contribution in [0.3, 0.4) is 0 Å². The van der Waals surface area contributed by atoms with Gasteiger partial charge in [0.05, 0.1) is 12.7 Å². The molecular formula is C9H21NO. The molecule has 0 aromatic heterocycles. The molecule has 0 bridgehead atoms. The average molecular weight is 159 g/mol. The van der Waals surface area contributed by atoms with Crippen LogP contribution in [0.25, 0.3) is 0 Å². The highest BCUT2D eigenvalue weighted by Gasteiger charge is 2.08. The Morgan fingerprint density at radius 3 is 2.18 bits per heavy atom. The fourth-order valence-electron chi connectivity index (χ4n) is 0.586. The van der Waals surface area contributed by atoms with E-state index in [9.17, 15) is 0 Å². The predicted molar refractivity (Wildman–Crippen MR) is 48.5 cm³/mol. The highest BCUT2D eigenvalue weighted by molar-refractivity contribution is 4.60. The van der Waals surface area contributed by atoms with Gasteiger partial charge in [-0.15, -0.1) is 0 Å². The van der Waals surface area contributed by atoms with Crippen molar-refractivity contribution in [1.29, 1.82) is 0 Å². The molecule has 2 N–H and O–H groups in total. The van der Waals surface area contributed by atoms with E-state index in [-0.39, 0.29) is 6.04 Å². The molecule has 2 heteroatoms. The number of ether oxygens (including phenoxy) is 1. The molecule has 0 aromatic carbocycles. The molecular weight excluding hydrogens is 138 g/mol. The summed E-state index contributed by atoms with van der Waals surface area (Å²) in [4.78, 5) is 0. The second-order valence-corrected chi connectivity index (χ2v) is 3.45. The maximum Gasteiger partial charge on any atom is 0.0621 e. The second-order valence-electron chi connectivity index (χ2n) is 3.45. The van der Waals surface area contributed by atoms with Gasteiger partial charge in [-0.25, -0.2) is 0 Å². The van der Waals surface area contributed by atoms with Gasteiger partial charge in [0.25, 0.3) is 0 Å². The quantitative estimate of drug-likeness (QED) is 0.663. The van der Waals surface area contributed by atoms with Gasteiger partial charge in [0.2, 0.25) is 0 Å². The summed E-state index contributed by atoms with van der Waals surface area (Å²) in [6, 6.07) is 0.205. The molecule has 0 aliphatic rings. The maximum absolute atomic E-state index is 5.70. The number of hydrogen-bond donors (Lipinski definition) is 1.